The van der Waals surface area contributed by atoms with Gasteiger partial charge in [0.05, 0.1) is 0 Å². The molecular weight excluding hydrogens is 546 g/mol. The van der Waals surface area contributed by atoms with Crippen LogP contribution in [0, 0.1) is 6.92 Å². The van der Waals surface area contributed by atoms with E-state index in [9.17, 15) is 24.4 Å². The van der Waals surface area contributed by atoms with E-state index in [1.807, 2.05) is 6.92 Å². The molecule has 14 nitrogen and oxygen atoms in total. The Kier molecular flexibility index (Phi) is 7.84. The maximum atomic E-state index is 13.1. The highest BCUT2D eigenvalue weighted by Crippen LogP contribution is 2.41. The molecule has 4 heterocycles. The van der Waals surface area contributed by atoms with Crippen LogP contribution in [-0.4, -0.2) is 78.1 Å². The van der Waals surface area contributed by atoms with Crippen LogP contribution >= 0.6 is 34.6 Å². The highest BCUT2D eigenvalue weighted by Gasteiger charge is 2.54. The second-order valence-corrected chi connectivity index (χ2v) is 10.4. The van der Waals surface area contributed by atoms with Crippen molar-refractivity contribution in [1.82, 2.24) is 24.8 Å². The first-order chi connectivity index (χ1) is 17.7. The zero-order chi connectivity index (χ0) is 26.7. The molecule has 1 fully saturated rings. The Morgan fingerprint density at radius 1 is 1.35 bits per heavy atom. The van der Waals surface area contributed by atoms with Crippen molar-refractivity contribution in [3.63, 3.8) is 0 Å². The van der Waals surface area contributed by atoms with Gasteiger partial charge < -0.3 is 25.7 Å². The molecule has 2 aromatic rings. The van der Waals surface area contributed by atoms with E-state index in [0.29, 0.717) is 11.3 Å². The first-order valence-corrected chi connectivity index (χ1v) is 13.1. The van der Waals surface area contributed by atoms with E-state index >= 15 is 0 Å². The highest BCUT2D eigenvalue weighted by molar-refractivity contribution is 8.00. The predicted molar refractivity (Wildman–Crippen MR) is 133 cm³/mol. The van der Waals surface area contributed by atoms with Crippen LogP contribution in [0.5, 0.6) is 0 Å². The number of oxime groups is 1. The number of anilines is 1. The minimum atomic E-state index is -1.02. The molecule has 4 rings (SSSR count). The molecule has 2 aliphatic heterocycles. The number of hydrogen-bond acceptors (Lipinski definition) is 15. The van der Waals surface area contributed by atoms with Crippen LogP contribution in [0.3, 0.4) is 0 Å². The number of nitrogens with two attached hydrogens (primary N) is 1. The van der Waals surface area contributed by atoms with Crippen molar-refractivity contribution >= 4 is 75.3 Å². The van der Waals surface area contributed by atoms with E-state index in [2.05, 4.69) is 29.8 Å². The number of nitrogens with one attached hydrogen (secondary N) is 1. The van der Waals surface area contributed by atoms with Crippen LogP contribution in [-0.2, 0) is 28.7 Å². The molecule has 2 aliphatic rings. The fourth-order valence-electron chi connectivity index (χ4n) is 3.39. The molecule has 0 spiro atoms. The maximum absolute atomic E-state index is 13.1. The summed E-state index contributed by atoms with van der Waals surface area (Å²) >= 11 is 3.57. The number of allylic oxidation sites excluding steroid dienone is 1. The van der Waals surface area contributed by atoms with Crippen molar-refractivity contribution in [2.24, 2.45) is 5.16 Å². The van der Waals surface area contributed by atoms with E-state index in [-0.39, 0.29) is 22.3 Å². The predicted octanol–water partition coefficient (Wildman–Crippen LogP) is 0.495. The van der Waals surface area contributed by atoms with Gasteiger partial charge in [0, 0.05) is 22.9 Å². The third-order valence-electron chi connectivity index (χ3n) is 5.14. The lowest BCUT2D eigenvalue weighted by Crippen LogP contribution is -2.71. The fourth-order valence-corrected chi connectivity index (χ4v) is 5.71. The SMILES string of the molecule is CC(=O)OCOC(=O)C1=C(/C=C\c2nnsc2C)CS[C@H]2C(NC(=O)/C(=N\O)c3csc(N)n3)C(=O)N12. The lowest BCUT2D eigenvalue weighted by Gasteiger charge is -2.49. The lowest BCUT2D eigenvalue weighted by molar-refractivity contribution is -0.166. The molecule has 194 valence electrons. The summed E-state index contributed by atoms with van der Waals surface area (Å²) in [6, 6.07) is -1.02. The number of fused-ring (bicyclic) bond motifs is 1. The summed E-state index contributed by atoms with van der Waals surface area (Å²) in [6.45, 7) is 2.38. The topological polar surface area (TPSA) is 199 Å². The first kappa shape index (κ1) is 26.2. The number of carbonyl (C=O) groups excluding carboxylic acids is 4. The lowest BCUT2D eigenvalue weighted by atomic mass is 10.0. The maximum Gasteiger partial charge on any atom is 0.358 e. The standard InChI is InChI=1S/C20H19N7O7S3/c1-8-11(24-26-37-8)4-3-10-5-35-18-14(23-16(29)13(25-32)12-6-36-20(21)22-12)17(30)27(18)15(10)19(31)34-7-33-9(2)28/h3-4,6,14,18,32H,5,7H2,1-2H3,(H2,21,22)(H,23,29)/b4-3-,25-13-/t14?,18-/m0/s1. The van der Waals surface area contributed by atoms with Gasteiger partial charge in [-0.05, 0) is 30.1 Å². The Labute approximate surface area is 221 Å². The number of aryl methyl sites for hydroxylation is 1. The number of thioether (sulfide) groups is 1. The van der Waals surface area contributed by atoms with Crippen molar-refractivity contribution in [3.8, 4) is 0 Å². The number of nitrogens with zero attached hydrogens (tertiary/aromatic N) is 5. The molecule has 2 atom stereocenters. The average Bonchev–Trinajstić information content (AvgIpc) is 3.48. The molecule has 17 heteroatoms. The van der Waals surface area contributed by atoms with E-state index in [4.69, 9.17) is 10.5 Å². The third kappa shape index (κ3) is 5.47. The number of β-lactam (4-membered cyclic amide) rings is 1. The van der Waals surface area contributed by atoms with E-state index in [1.54, 1.807) is 12.2 Å². The summed E-state index contributed by atoms with van der Waals surface area (Å²) in [5, 5.41) is 19.8. The highest BCUT2D eigenvalue weighted by atomic mass is 32.2. The van der Waals surface area contributed by atoms with Gasteiger partial charge in [-0.2, -0.15) is 0 Å². The number of ether oxygens (including phenoxy) is 2. The fraction of sp³-hybridized carbons (Fsp3) is 0.300. The molecule has 2 amide bonds. The Bertz CT molecular complexity index is 1350. The molecule has 1 saturated heterocycles. The van der Waals surface area contributed by atoms with Gasteiger partial charge in [0.2, 0.25) is 6.79 Å². The van der Waals surface area contributed by atoms with E-state index in [1.165, 1.54) is 33.6 Å². The number of thiazole rings is 1. The number of esters is 2. The normalized spacial score (nSPS) is 19.5. The van der Waals surface area contributed by atoms with Crippen molar-refractivity contribution in [1.29, 1.82) is 0 Å². The minimum absolute atomic E-state index is 0.0492. The number of carbonyl (C=O) groups is 4. The minimum Gasteiger partial charge on any atom is -0.428 e. The smallest absolute Gasteiger partial charge is 0.358 e. The van der Waals surface area contributed by atoms with E-state index < -0.39 is 47.7 Å². The Morgan fingerprint density at radius 3 is 2.76 bits per heavy atom. The van der Waals surface area contributed by atoms with Crippen LogP contribution in [0.15, 0.2) is 27.9 Å². The Morgan fingerprint density at radius 2 is 2.14 bits per heavy atom. The molecule has 1 unspecified atom stereocenters. The monoisotopic (exact) mass is 565 g/mol. The second-order valence-electron chi connectivity index (χ2n) is 7.49. The third-order valence-corrected chi connectivity index (χ3v) is 7.76. The van der Waals surface area contributed by atoms with Gasteiger partial charge in [0.15, 0.2) is 10.8 Å². The van der Waals surface area contributed by atoms with Crippen LogP contribution in [0.4, 0.5) is 5.13 Å². The van der Waals surface area contributed by atoms with Crippen molar-refractivity contribution < 1.29 is 33.9 Å². The van der Waals surface area contributed by atoms with Gasteiger partial charge in [-0.15, -0.1) is 28.2 Å². The van der Waals surface area contributed by atoms with Crippen LogP contribution in [0.25, 0.3) is 6.08 Å². The van der Waals surface area contributed by atoms with Crippen LogP contribution < -0.4 is 11.1 Å². The Hall–Kier alpha value is -3.83. The van der Waals surface area contributed by atoms with Gasteiger partial charge in [-0.3, -0.25) is 19.3 Å². The largest absolute Gasteiger partial charge is 0.428 e. The zero-order valence-electron chi connectivity index (χ0n) is 19.2. The van der Waals surface area contributed by atoms with Gasteiger partial charge >= 0.3 is 11.9 Å². The summed E-state index contributed by atoms with van der Waals surface area (Å²) in [4.78, 5) is 55.8. The summed E-state index contributed by atoms with van der Waals surface area (Å²) in [5.74, 6) is -2.66. The molecule has 0 aromatic carbocycles. The number of nitrogen functional groups attached to an aromatic ring is 1. The van der Waals surface area contributed by atoms with Crippen molar-refractivity contribution in [2.75, 3.05) is 18.3 Å². The first-order valence-electron chi connectivity index (χ1n) is 10.4. The van der Waals surface area contributed by atoms with Crippen molar-refractivity contribution in [3.05, 3.63) is 39.0 Å². The molecule has 4 N–H and O–H groups in total. The number of amides is 2. The molecule has 0 radical (unpaired) electrons. The van der Waals surface area contributed by atoms with Gasteiger partial charge in [0.1, 0.15) is 28.5 Å². The number of aromatic nitrogens is 3. The summed E-state index contributed by atoms with van der Waals surface area (Å²) in [6.07, 6.45) is 3.30. The van der Waals surface area contributed by atoms with Gasteiger partial charge in [0.25, 0.3) is 11.8 Å². The molecular formula is C20H19N7O7S3. The van der Waals surface area contributed by atoms with Crippen LogP contribution in [0.2, 0.25) is 0 Å². The van der Waals surface area contributed by atoms with E-state index in [0.717, 1.165) is 23.1 Å². The molecule has 0 aliphatic carbocycles. The van der Waals surface area contributed by atoms with Gasteiger partial charge in [-0.1, -0.05) is 15.7 Å². The number of hydrogen-bond donors (Lipinski definition) is 3. The quantitative estimate of drug-likeness (QED) is 0.100. The summed E-state index contributed by atoms with van der Waals surface area (Å²) in [5.41, 5.74) is 6.25. The zero-order valence-corrected chi connectivity index (χ0v) is 21.7. The average molecular weight is 566 g/mol. The summed E-state index contributed by atoms with van der Waals surface area (Å²) < 4.78 is 13.6. The van der Waals surface area contributed by atoms with Gasteiger partial charge in [-0.25, -0.2) is 9.78 Å². The van der Waals surface area contributed by atoms with Crippen LogP contribution in [0.1, 0.15) is 23.2 Å². The summed E-state index contributed by atoms with van der Waals surface area (Å²) in [7, 11) is 0. The van der Waals surface area contributed by atoms with Crippen molar-refractivity contribution in [2.45, 2.75) is 25.3 Å². The molecule has 37 heavy (non-hydrogen) atoms. The Balaban J connectivity index is 1.56. The number of rotatable bonds is 8. The molecule has 0 saturated carbocycles. The molecule has 0 bridgehead atoms. The second kappa shape index (κ2) is 11.1. The molecule has 2 aromatic heterocycles.